The smallest absolute Gasteiger partial charge is 0.237 e. The van der Waals surface area contributed by atoms with Crippen LogP contribution < -0.4 is 10.6 Å². The van der Waals surface area contributed by atoms with Crippen molar-refractivity contribution >= 4 is 5.91 Å². The molecule has 0 aromatic carbocycles. The van der Waals surface area contributed by atoms with E-state index in [1.807, 2.05) is 0 Å². The monoisotopic (exact) mass is 166 g/mol. The molecule has 0 aromatic rings. The van der Waals surface area contributed by atoms with Crippen LogP contribution in [0.25, 0.3) is 0 Å². The fourth-order valence-electron chi connectivity index (χ4n) is 1.34. The molecule has 0 aromatic heterocycles. The molecule has 0 radical (unpaired) electrons. The molecule has 12 heavy (non-hydrogen) atoms. The van der Waals surface area contributed by atoms with Gasteiger partial charge in [-0.1, -0.05) is 12.3 Å². The number of piperidine rings is 1. The van der Waals surface area contributed by atoms with E-state index >= 15 is 0 Å². The van der Waals surface area contributed by atoms with Crippen molar-refractivity contribution in [2.24, 2.45) is 0 Å². The van der Waals surface area contributed by atoms with Crippen molar-refractivity contribution in [1.82, 2.24) is 10.6 Å². The molecule has 0 aliphatic carbocycles. The molecule has 1 fully saturated rings. The fourth-order valence-corrected chi connectivity index (χ4v) is 1.34. The zero-order valence-electron chi connectivity index (χ0n) is 7.10. The van der Waals surface area contributed by atoms with E-state index in [0.717, 1.165) is 19.4 Å². The van der Waals surface area contributed by atoms with Crippen molar-refractivity contribution in [3.63, 3.8) is 0 Å². The number of carbonyl (C=O) groups excluding carboxylic acids is 1. The van der Waals surface area contributed by atoms with Gasteiger partial charge in [-0.3, -0.25) is 4.79 Å². The first kappa shape index (κ1) is 9.08. The minimum atomic E-state index is -0.0212. The molecule has 2 N–H and O–H groups in total. The number of hydrogen-bond donors (Lipinski definition) is 2. The molecule has 1 saturated heterocycles. The second-order valence-corrected chi connectivity index (χ2v) is 2.92. The Bertz CT molecular complexity index is 189. The van der Waals surface area contributed by atoms with Gasteiger partial charge in [0.2, 0.25) is 5.91 Å². The van der Waals surface area contributed by atoms with Gasteiger partial charge in [-0.2, -0.15) is 0 Å². The van der Waals surface area contributed by atoms with Crippen LogP contribution in [0.2, 0.25) is 0 Å². The van der Waals surface area contributed by atoms with Crippen LogP contribution in [0.4, 0.5) is 0 Å². The van der Waals surface area contributed by atoms with E-state index in [1.165, 1.54) is 6.42 Å². The molecule has 1 aliphatic heterocycles. The van der Waals surface area contributed by atoms with Crippen LogP contribution in [-0.2, 0) is 4.79 Å². The molecule has 1 aliphatic rings. The molecular formula is C9H14N2O. The molecule has 1 amide bonds. The van der Waals surface area contributed by atoms with Gasteiger partial charge in [0.25, 0.3) is 0 Å². The van der Waals surface area contributed by atoms with Crippen molar-refractivity contribution in [3.05, 3.63) is 0 Å². The van der Waals surface area contributed by atoms with Gasteiger partial charge >= 0.3 is 0 Å². The third-order valence-corrected chi connectivity index (χ3v) is 1.99. The fraction of sp³-hybridized carbons (Fsp3) is 0.667. The number of rotatable bonds is 2. The van der Waals surface area contributed by atoms with E-state index in [1.54, 1.807) is 0 Å². The topological polar surface area (TPSA) is 41.1 Å². The van der Waals surface area contributed by atoms with E-state index in [4.69, 9.17) is 6.42 Å². The van der Waals surface area contributed by atoms with E-state index < -0.39 is 0 Å². The maximum atomic E-state index is 11.3. The van der Waals surface area contributed by atoms with Crippen molar-refractivity contribution in [2.45, 2.75) is 25.3 Å². The summed E-state index contributed by atoms with van der Waals surface area (Å²) >= 11 is 0. The number of terminal acetylenes is 1. The number of amides is 1. The van der Waals surface area contributed by atoms with Crippen molar-refractivity contribution < 1.29 is 4.79 Å². The maximum absolute atomic E-state index is 11.3. The Kier molecular flexibility index (Phi) is 3.62. The number of nitrogens with one attached hydrogen (secondary N) is 2. The van der Waals surface area contributed by atoms with E-state index in [9.17, 15) is 4.79 Å². The van der Waals surface area contributed by atoms with Crippen molar-refractivity contribution in [3.8, 4) is 12.3 Å². The van der Waals surface area contributed by atoms with Gasteiger partial charge in [0.15, 0.2) is 0 Å². The summed E-state index contributed by atoms with van der Waals surface area (Å²) < 4.78 is 0. The first-order chi connectivity index (χ1) is 5.84. The van der Waals surface area contributed by atoms with Crippen LogP contribution >= 0.6 is 0 Å². The highest BCUT2D eigenvalue weighted by Gasteiger charge is 2.19. The second kappa shape index (κ2) is 4.78. The molecule has 1 atom stereocenters. The van der Waals surface area contributed by atoms with Gasteiger partial charge in [0.1, 0.15) is 0 Å². The highest BCUT2D eigenvalue weighted by molar-refractivity contribution is 5.81. The summed E-state index contributed by atoms with van der Waals surface area (Å²) in [6, 6.07) is -0.0212. The zero-order valence-corrected chi connectivity index (χ0v) is 7.10. The molecule has 0 bridgehead atoms. The average Bonchev–Trinajstić information content (AvgIpc) is 2.15. The highest BCUT2D eigenvalue weighted by atomic mass is 16.2. The lowest BCUT2D eigenvalue weighted by Crippen LogP contribution is -2.46. The molecule has 0 spiro atoms. The normalized spacial score (nSPS) is 22.8. The lowest BCUT2D eigenvalue weighted by atomic mass is 10.0. The van der Waals surface area contributed by atoms with E-state index in [2.05, 4.69) is 16.6 Å². The average molecular weight is 166 g/mol. The molecule has 0 saturated carbocycles. The van der Waals surface area contributed by atoms with Crippen LogP contribution in [0.5, 0.6) is 0 Å². The maximum Gasteiger partial charge on any atom is 0.237 e. The predicted molar refractivity (Wildman–Crippen MR) is 47.5 cm³/mol. The summed E-state index contributed by atoms with van der Waals surface area (Å²) in [6.07, 6.45) is 8.24. The van der Waals surface area contributed by atoms with E-state index in [0.29, 0.717) is 6.54 Å². The summed E-state index contributed by atoms with van der Waals surface area (Å²) in [7, 11) is 0. The number of carbonyl (C=O) groups is 1. The van der Waals surface area contributed by atoms with Gasteiger partial charge in [-0.25, -0.2) is 0 Å². The zero-order chi connectivity index (χ0) is 8.81. The Morgan fingerprint density at radius 2 is 2.50 bits per heavy atom. The molecule has 0 unspecified atom stereocenters. The number of hydrogen-bond acceptors (Lipinski definition) is 2. The Morgan fingerprint density at radius 1 is 1.67 bits per heavy atom. The standard InChI is InChI=1S/C9H14N2O/c1-2-6-11-9(12)8-5-3-4-7-10-8/h1,8,10H,3-7H2,(H,11,12)/t8-/m1/s1. The Labute approximate surface area is 72.9 Å². The SMILES string of the molecule is C#CCNC(=O)[C@H]1CCCCN1. The molecule has 66 valence electrons. The van der Waals surface area contributed by atoms with Gasteiger partial charge in [-0.05, 0) is 19.4 Å². The summed E-state index contributed by atoms with van der Waals surface area (Å²) in [4.78, 5) is 11.3. The predicted octanol–water partition coefficient (Wildman–Crippen LogP) is -0.122. The van der Waals surface area contributed by atoms with Crippen molar-refractivity contribution in [1.29, 1.82) is 0 Å². The summed E-state index contributed by atoms with van der Waals surface area (Å²) in [5, 5.41) is 5.81. The van der Waals surface area contributed by atoms with Crippen LogP contribution in [0, 0.1) is 12.3 Å². The lowest BCUT2D eigenvalue weighted by Gasteiger charge is -2.21. The summed E-state index contributed by atoms with van der Waals surface area (Å²) in [6.45, 7) is 1.27. The minimum Gasteiger partial charge on any atom is -0.344 e. The molecule has 3 heteroatoms. The first-order valence-corrected chi connectivity index (χ1v) is 4.29. The Balaban J connectivity index is 2.26. The quantitative estimate of drug-likeness (QED) is 0.561. The highest BCUT2D eigenvalue weighted by Crippen LogP contribution is 2.06. The Morgan fingerprint density at radius 3 is 3.08 bits per heavy atom. The summed E-state index contributed by atoms with van der Waals surface area (Å²) in [5.41, 5.74) is 0. The van der Waals surface area contributed by atoms with Gasteiger partial charge in [0, 0.05) is 0 Å². The minimum absolute atomic E-state index is 0.0212. The lowest BCUT2D eigenvalue weighted by molar-refractivity contribution is -0.123. The third-order valence-electron chi connectivity index (χ3n) is 1.99. The molecule has 1 heterocycles. The summed E-state index contributed by atoms with van der Waals surface area (Å²) in [5.74, 6) is 2.41. The molecular weight excluding hydrogens is 152 g/mol. The second-order valence-electron chi connectivity index (χ2n) is 2.92. The van der Waals surface area contributed by atoms with Crippen LogP contribution in [0.1, 0.15) is 19.3 Å². The van der Waals surface area contributed by atoms with E-state index in [-0.39, 0.29) is 11.9 Å². The first-order valence-electron chi connectivity index (χ1n) is 4.29. The largest absolute Gasteiger partial charge is 0.344 e. The van der Waals surface area contributed by atoms with Gasteiger partial charge < -0.3 is 10.6 Å². The van der Waals surface area contributed by atoms with Crippen molar-refractivity contribution in [2.75, 3.05) is 13.1 Å². The third kappa shape index (κ3) is 2.55. The van der Waals surface area contributed by atoms with Gasteiger partial charge in [-0.15, -0.1) is 6.42 Å². The van der Waals surface area contributed by atoms with Crippen LogP contribution in [0.3, 0.4) is 0 Å². The Hall–Kier alpha value is -1.01. The van der Waals surface area contributed by atoms with Gasteiger partial charge in [0.05, 0.1) is 12.6 Å². The molecule has 1 rings (SSSR count). The van der Waals surface area contributed by atoms with Crippen LogP contribution in [0.15, 0.2) is 0 Å². The van der Waals surface area contributed by atoms with Crippen LogP contribution in [-0.4, -0.2) is 25.0 Å². The molecule has 3 nitrogen and oxygen atoms in total.